The molecule has 0 bridgehead atoms. The van der Waals surface area contributed by atoms with Crippen molar-refractivity contribution in [3.8, 4) is 11.1 Å². The lowest BCUT2D eigenvalue weighted by atomic mass is 9.98. The number of hydrogen-bond donors (Lipinski definition) is 2. The van der Waals surface area contributed by atoms with E-state index >= 15 is 0 Å². The molecule has 1 heterocycles. The quantitative estimate of drug-likeness (QED) is 0.365. The van der Waals surface area contributed by atoms with Gasteiger partial charge in [-0.05, 0) is 71.5 Å². The summed E-state index contributed by atoms with van der Waals surface area (Å²) in [6.07, 6.45) is 2.49. The largest absolute Gasteiger partial charge is 0.368 e. The number of halogens is 2. The number of fused-ring (bicyclic) bond motifs is 1. The summed E-state index contributed by atoms with van der Waals surface area (Å²) in [6.45, 7) is 2.05. The Morgan fingerprint density at radius 3 is 2.69 bits per heavy atom. The van der Waals surface area contributed by atoms with E-state index in [0.29, 0.717) is 10.7 Å². The normalized spacial score (nSPS) is 11.0. The summed E-state index contributed by atoms with van der Waals surface area (Å²) in [4.78, 5) is 9.25. The van der Waals surface area contributed by atoms with E-state index in [1.54, 1.807) is 18.3 Å². The van der Waals surface area contributed by atoms with Crippen molar-refractivity contribution in [2.24, 2.45) is 0 Å². The van der Waals surface area contributed by atoms with E-state index in [1.165, 1.54) is 18.0 Å². The Morgan fingerprint density at radius 2 is 1.93 bits per heavy atom. The standard InChI is InChI=1S/C22H18ClFN4S/c1-2-13-9-15(10-16-12-26-22(25)27-21(13)16)14-7-8-19(18(24)11-14)28-29-20-6-4-3-5-17(20)23/h3-12,28H,2H2,1H3,(H2,25,26,27). The molecule has 0 aliphatic heterocycles. The Bertz CT molecular complexity index is 1200. The monoisotopic (exact) mass is 424 g/mol. The van der Waals surface area contributed by atoms with E-state index in [0.717, 1.165) is 38.9 Å². The third kappa shape index (κ3) is 4.13. The van der Waals surface area contributed by atoms with Crippen molar-refractivity contribution in [1.82, 2.24) is 9.97 Å². The molecule has 29 heavy (non-hydrogen) atoms. The first kappa shape index (κ1) is 19.5. The summed E-state index contributed by atoms with van der Waals surface area (Å²) in [6, 6.07) is 16.5. The van der Waals surface area contributed by atoms with Gasteiger partial charge in [0.05, 0.1) is 16.2 Å². The van der Waals surface area contributed by atoms with Gasteiger partial charge in [0.15, 0.2) is 0 Å². The smallest absolute Gasteiger partial charge is 0.220 e. The van der Waals surface area contributed by atoms with Gasteiger partial charge in [-0.25, -0.2) is 14.4 Å². The maximum Gasteiger partial charge on any atom is 0.220 e. The zero-order valence-corrected chi connectivity index (χ0v) is 17.2. The van der Waals surface area contributed by atoms with Crippen molar-refractivity contribution >= 4 is 46.1 Å². The Morgan fingerprint density at radius 1 is 1.10 bits per heavy atom. The molecule has 0 saturated carbocycles. The highest BCUT2D eigenvalue weighted by atomic mass is 35.5. The molecule has 0 spiro atoms. The average Bonchev–Trinajstić information content (AvgIpc) is 2.73. The molecule has 1 aromatic heterocycles. The SMILES string of the molecule is CCc1cc(-c2ccc(NSc3ccccc3Cl)c(F)c2)cc2cnc(N)nc12. The number of nitrogens with two attached hydrogens (primary N) is 1. The molecule has 0 radical (unpaired) electrons. The first-order valence-corrected chi connectivity index (χ1v) is 10.3. The van der Waals surface area contributed by atoms with Crippen LogP contribution < -0.4 is 10.5 Å². The zero-order valence-electron chi connectivity index (χ0n) is 15.6. The summed E-state index contributed by atoms with van der Waals surface area (Å²) < 4.78 is 17.8. The molecule has 4 rings (SSSR count). The molecule has 0 saturated heterocycles. The van der Waals surface area contributed by atoms with Gasteiger partial charge in [0.1, 0.15) is 5.82 Å². The highest BCUT2D eigenvalue weighted by molar-refractivity contribution is 8.00. The first-order chi connectivity index (χ1) is 14.0. The fourth-order valence-corrected chi connectivity index (χ4v) is 4.03. The van der Waals surface area contributed by atoms with Crippen LogP contribution in [0.5, 0.6) is 0 Å². The summed E-state index contributed by atoms with van der Waals surface area (Å²) in [5.41, 5.74) is 9.69. The number of benzene rings is 3. The Balaban J connectivity index is 1.64. The maximum atomic E-state index is 14.7. The molecule has 3 N–H and O–H groups in total. The highest BCUT2D eigenvalue weighted by Gasteiger charge is 2.10. The highest BCUT2D eigenvalue weighted by Crippen LogP contribution is 2.32. The van der Waals surface area contributed by atoms with Crippen LogP contribution in [-0.4, -0.2) is 9.97 Å². The number of nitrogen functional groups attached to an aromatic ring is 1. The first-order valence-electron chi connectivity index (χ1n) is 9.07. The van der Waals surface area contributed by atoms with Crippen LogP contribution in [0.3, 0.4) is 0 Å². The summed E-state index contributed by atoms with van der Waals surface area (Å²) in [5, 5.41) is 1.50. The Labute approximate surface area is 177 Å². The van der Waals surface area contributed by atoms with Gasteiger partial charge < -0.3 is 10.5 Å². The van der Waals surface area contributed by atoms with Gasteiger partial charge in [0.25, 0.3) is 0 Å². The lowest BCUT2D eigenvalue weighted by Crippen LogP contribution is -1.97. The molecule has 0 fully saturated rings. The average molecular weight is 425 g/mol. The number of aryl methyl sites for hydroxylation is 1. The molecule has 0 aliphatic carbocycles. The second-order valence-electron chi connectivity index (χ2n) is 6.48. The predicted molar refractivity (Wildman–Crippen MR) is 120 cm³/mol. The van der Waals surface area contributed by atoms with Crippen molar-refractivity contribution in [3.63, 3.8) is 0 Å². The maximum absolute atomic E-state index is 14.7. The zero-order chi connectivity index (χ0) is 20.4. The third-order valence-corrected chi connectivity index (χ3v) is 5.91. The number of hydrogen-bond acceptors (Lipinski definition) is 5. The van der Waals surface area contributed by atoms with Gasteiger partial charge in [0.2, 0.25) is 5.95 Å². The molecular formula is C22H18ClFN4S. The van der Waals surface area contributed by atoms with Crippen molar-refractivity contribution in [2.45, 2.75) is 18.2 Å². The van der Waals surface area contributed by atoms with E-state index in [1.807, 2.05) is 36.4 Å². The third-order valence-electron chi connectivity index (χ3n) is 4.57. The number of nitrogens with zero attached hydrogens (tertiary/aromatic N) is 2. The molecule has 0 unspecified atom stereocenters. The number of aromatic nitrogens is 2. The molecule has 0 atom stereocenters. The number of nitrogens with one attached hydrogen (secondary N) is 1. The van der Waals surface area contributed by atoms with Crippen LogP contribution in [0.15, 0.2) is 65.7 Å². The van der Waals surface area contributed by atoms with E-state index < -0.39 is 0 Å². The predicted octanol–water partition coefficient (Wildman–Crippen LogP) is 6.35. The van der Waals surface area contributed by atoms with Crippen LogP contribution in [0.2, 0.25) is 5.02 Å². The van der Waals surface area contributed by atoms with Crippen LogP contribution in [0, 0.1) is 5.82 Å². The van der Waals surface area contributed by atoms with Crippen LogP contribution >= 0.6 is 23.5 Å². The molecule has 146 valence electrons. The van der Waals surface area contributed by atoms with Gasteiger partial charge in [-0.1, -0.05) is 36.7 Å². The van der Waals surface area contributed by atoms with Gasteiger partial charge in [-0.3, -0.25) is 0 Å². The topological polar surface area (TPSA) is 63.8 Å². The molecule has 3 aromatic carbocycles. The summed E-state index contributed by atoms with van der Waals surface area (Å²) >= 11 is 7.42. The van der Waals surface area contributed by atoms with E-state index in [4.69, 9.17) is 17.3 Å². The van der Waals surface area contributed by atoms with Crippen LogP contribution in [0.25, 0.3) is 22.0 Å². The summed E-state index contributed by atoms with van der Waals surface area (Å²) in [7, 11) is 0. The number of rotatable bonds is 5. The molecule has 7 heteroatoms. The van der Waals surface area contributed by atoms with Crippen LogP contribution in [-0.2, 0) is 6.42 Å². The van der Waals surface area contributed by atoms with Crippen molar-refractivity contribution in [3.05, 3.63) is 77.2 Å². The van der Waals surface area contributed by atoms with Gasteiger partial charge in [-0.15, -0.1) is 0 Å². The van der Waals surface area contributed by atoms with Gasteiger partial charge in [-0.2, -0.15) is 0 Å². The lowest BCUT2D eigenvalue weighted by molar-refractivity contribution is 0.633. The van der Waals surface area contributed by atoms with E-state index in [-0.39, 0.29) is 11.8 Å². The second kappa shape index (κ2) is 8.27. The lowest BCUT2D eigenvalue weighted by Gasteiger charge is -2.11. The van der Waals surface area contributed by atoms with Gasteiger partial charge >= 0.3 is 0 Å². The van der Waals surface area contributed by atoms with E-state index in [9.17, 15) is 4.39 Å². The minimum Gasteiger partial charge on any atom is -0.368 e. The fraction of sp³-hybridized carbons (Fsp3) is 0.0909. The Hall–Kier alpha value is -2.83. The second-order valence-corrected chi connectivity index (χ2v) is 7.74. The molecular weight excluding hydrogens is 407 g/mol. The Kier molecular flexibility index (Phi) is 5.56. The minimum atomic E-state index is -0.339. The molecule has 4 nitrogen and oxygen atoms in total. The van der Waals surface area contributed by atoms with Crippen molar-refractivity contribution in [1.29, 1.82) is 0 Å². The van der Waals surface area contributed by atoms with Crippen LogP contribution in [0.4, 0.5) is 16.0 Å². The molecule has 0 amide bonds. The fourth-order valence-electron chi connectivity index (χ4n) is 3.08. The number of anilines is 2. The minimum absolute atomic E-state index is 0.248. The van der Waals surface area contributed by atoms with Gasteiger partial charge in [0, 0.05) is 16.5 Å². The summed E-state index contributed by atoms with van der Waals surface area (Å²) in [5.74, 6) is -0.0915. The van der Waals surface area contributed by atoms with Crippen LogP contribution in [0.1, 0.15) is 12.5 Å². The molecule has 0 aliphatic rings. The van der Waals surface area contributed by atoms with E-state index in [2.05, 4.69) is 21.6 Å². The molecule has 4 aromatic rings. The van der Waals surface area contributed by atoms with Crippen molar-refractivity contribution < 1.29 is 4.39 Å². The van der Waals surface area contributed by atoms with Crippen molar-refractivity contribution in [2.75, 3.05) is 10.5 Å².